The quantitative estimate of drug-likeness (QED) is 0.861. The van der Waals surface area contributed by atoms with Crippen molar-refractivity contribution in [3.8, 4) is 0 Å². The Morgan fingerprint density at radius 3 is 2.73 bits per heavy atom. The lowest BCUT2D eigenvalue weighted by molar-refractivity contribution is 0.108. The lowest BCUT2D eigenvalue weighted by Gasteiger charge is -2.35. The molecule has 0 bridgehead atoms. The number of ether oxygens (including phenoxy) is 1. The van der Waals surface area contributed by atoms with Crippen molar-refractivity contribution in [3.63, 3.8) is 0 Å². The zero-order valence-corrected chi connectivity index (χ0v) is 15.2. The summed E-state index contributed by atoms with van der Waals surface area (Å²) in [6.07, 6.45) is 13.1. The molecule has 0 radical (unpaired) electrons. The number of piperidine rings is 1. The van der Waals surface area contributed by atoms with Crippen molar-refractivity contribution in [2.75, 3.05) is 31.6 Å². The van der Waals surface area contributed by atoms with Crippen molar-refractivity contribution < 1.29 is 4.74 Å². The van der Waals surface area contributed by atoms with Gasteiger partial charge in [-0.2, -0.15) is 0 Å². The van der Waals surface area contributed by atoms with Crippen molar-refractivity contribution >= 4 is 11.6 Å². The average Bonchev–Trinajstić information content (AvgIpc) is 3.23. The van der Waals surface area contributed by atoms with Crippen molar-refractivity contribution in [1.29, 1.82) is 0 Å². The number of hydrogen-bond acceptors (Lipinski definition) is 6. The maximum absolute atomic E-state index is 5.53. The molecule has 1 atom stereocenters. The number of hydrogen-bond donors (Lipinski definition) is 1. The Kier molecular flexibility index (Phi) is 5.72. The van der Waals surface area contributed by atoms with Gasteiger partial charge in [0.15, 0.2) is 0 Å². The highest BCUT2D eigenvalue weighted by atomic mass is 16.5. The molecular weight excluding hydrogens is 326 g/mol. The van der Waals surface area contributed by atoms with Crippen LogP contribution in [0, 0.1) is 5.92 Å². The van der Waals surface area contributed by atoms with E-state index in [2.05, 4.69) is 37.3 Å². The van der Waals surface area contributed by atoms with E-state index in [0.29, 0.717) is 6.04 Å². The van der Waals surface area contributed by atoms with Gasteiger partial charge in [-0.25, -0.2) is 9.97 Å². The normalized spacial score (nSPS) is 21.8. The first-order valence-corrected chi connectivity index (χ1v) is 9.66. The van der Waals surface area contributed by atoms with Crippen LogP contribution in [0.25, 0.3) is 0 Å². The topological polar surface area (TPSA) is 63.2 Å². The zero-order valence-electron chi connectivity index (χ0n) is 15.2. The molecule has 2 aromatic rings. The molecule has 6 heteroatoms. The number of likely N-dealkylation sites (tertiary alicyclic amines) is 1. The number of pyridine rings is 1. The van der Waals surface area contributed by atoms with E-state index < -0.39 is 0 Å². The van der Waals surface area contributed by atoms with Gasteiger partial charge >= 0.3 is 0 Å². The molecule has 0 aliphatic carbocycles. The van der Waals surface area contributed by atoms with Crippen LogP contribution in [0.1, 0.15) is 31.2 Å². The zero-order chi connectivity index (χ0) is 17.6. The lowest BCUT2D eigenvalue weighted by atomic mass is 9.90. The largest absolute Gasteiger partial charge is 0.380 e. The van der Waals surface area contributed by atoms with E-state index in [1.165, 1.54) is 44.3 Å². The third-order valence-corrected chi connectivity index (χ3v) is 5.56. The van der Waals surface area contributed by atoms with Crippen LogP contribution in [0.5, 0.6) is 0 Å². The van der Waals surface area contributed by atoms with E-state index in [4.69, 9.17) is 4.74 Å². The average molecular weight is 353 g/mol. The maximum atomic E-state index is 5.53. The predicted molar refractivity (Wildman–Crippen MR) is 101 cm³/mol. The first kappa shape index (κ1) is 17.4. The van der Waals surface area contributed by atoms with Crippen LogP contribution in [0.15, 0.2) is 36.9 Å². The standard InChI is InChI=1S/C20H27N5O/c1(16-4-10-25(11-5-16)18-6-12-26-15-18)2-17-3-7-22-19(13-17)24-20-14-21-8-9-23-20/h3,7-9,13-14,16,18H,1-2,4-6,10-12,15H2,(H,22,23,24). The minimum atomic E-state index is 0.672. The Labute approximate surface area is 155 Å². The van der Waals surface area contributed by atoms with Crippen molar-refractivity contribution in [2.24, 2.45) is 5.92 Å². The van der Waals surface area contributed by atoms with Crippen LogP contribution in [-0.2, 0) is 11.2 Å². The second-order valence-corrected chi connectivity index (χ2v) is 7.30. The molecule has 2 aliphatic heterocycles. The summed E-state index contributed by atoms with van der Waals surface area (Å²) in [6.45, 7) is 4.34. The molecule has 2 fully saturated rings. The van der Waals surface area contributed by atoms with E-state index in [-0.39, 0.29) is 0 Å². The van der Waals surface area contributed by atoms with Gasteiger partial charge < -0.3 is 10.1 Å². The third kappa shape index (κ3) is 4.56. The minimum Gasteiger partial charge on any atom is -0.380 e. The highest BCUT2D eigenvalue weighted by molar-refractivity contribution is 5.50. The lowest BCUT2D eigenvalue weighted by Crippen LogP contribution is -2.41. The molecule has 2 saturated heterocycles. The first-order valence-electron chi connectivity index (χ1n) is 9.66. The van der Waals surface area contributed by atoms with Crippen LogP contribution in [0.3, 0.4) is 0 Å². The fraction of sp³-hybridized carbons (Fsp3) is 0.550. The number of nitrogens with one attached hydrogen (secondary N) is 1. The Balaban J connectivity index is 1.25. The Morgan fingerprint density at radius 2 is 1.96 bits per heavy atom. The number of anilines is 2. The molecule has 138 valence electrons. The van der Waals surface area contributed by atoms with Gasteiger partial charge in [0.2, 0.25) is 0 Å². The van der Waals surface area contributed by atoms with Crippen LogP contribution in [0.4, 0.5) is 11.6 Å². The molecule has 1 N–H and O–H groups in total. The second-order valence-electron chi connectivity index (χ2n) is 7.30. The fourth-order valence-corrected chi connectivity index (χ4v) is 3.98. The Morgan fingerprint density at radius 1 is 1.08 bits per heavy atom. The third-order valence-electron chi connectivity index (χ3n) is 5.56. The molecule has 2 aromatic heterocycles. The van der Waals surface area contributed by atoms with Gasteiger partial charge in [0.05, 0.1) is 12.8 Å². The summed E-state index contributed by atoms with van der Waals surface area (Å²) in [5.74, 6) is 2.39. The van der Waals surface area contributed by atoms with Gasteiger partial charge in [-0.3, -0.25) is 9.88 Å². The Bertz CT molecular complexity index is 682. The highest BCUT2D eigenvalue weighted by Gasteiger charge is 2.27. The van der Waals surface area contributed by atoms with Gasteiger partial charge in [-0.05, 0) is 68.8 Å². The van der Waals surface area contributed by atoms with Crippen LogP contribution < -0.4 is 5.32 Å². The van der Waals surface area contributed by atoms with E-state index >= 15 is 0 Å². The summed E-state index contributed by atoms with van der Waals surface area (Å²) < 4.78 is 5.53. The molecule has 26 heavy (non-hydrogen) atoms. The summed E-state index contributed by atoms with van der Waals surface area (Å²) in [5, 5.41) is 3.22. The van der Waals surface area contributed by atoms with E-state index in [1.54, 1.807) is 18.6 Å². The summed E-state index contributed by atoms with van der Waals surface area (Å²) in [7, 11) is 0. The summed E-state index contributed by atoms with van der Waals surface area (Å²) in [4.78, 5) is 15.3. The van der Waals surface area contributed by atoms with Crippen LogP contribution >= 0.6 is 0 Å². The van der Waals surface area contributed by atoms with E-state index in [0.717, 1.165) is 37.2 Å². The first-order chi connectivity index (χ1) is 12.9. The molecule has 4 rings (SSSR count). The van der Waals surface area contributed by atoms with Crippen LogP contribution in [-0.4, -0.2) is 52.2 Å². The summed E-state index contributed by atoms with van der Waals surface area (Å²) in [5.41, 5.74) is 1.33. The number of aromatic nitrogens is 3. The molecule has 0 spiro atoms. The van der Waals surface area contributed by atoms with Gasteiger partial charge in [-0.1, -0.05) is 0 Å². The van der Waals surface area contributed by atoms with E-state index in [1.807, 2.05) is 6.20 Å². The molecule has 0 amide bonds. The van der Waals surface area contributed by atoms with Crippen molar-refractivity contribution in [1.82, 2.24) is 19.9 Å². The van der Waals surface area contributed by atoms with Crippen LogP contribution in [0.2, 0.25) is 0 Å². The fourth-order valence-electron chi connectivity index (χ4n) is 3.98. The summed E-state index contributed by atoms with van der Waals surface area (Å²) in [6, 6.07) is 4.91. The molecule has 1 unspecified atom stereocenters. The molecule has 0 aromatic carbocycles. The van der Waals surface area contributed by atoms with Gasteiger partial charge in [0, 0.05) is 31.2 Å². The molecule has 0 saturated carbocycles. The molecule has 6 nitrogen and oxygen atoms in total. The van der Waals surface area contributed by atoms with Crippen molar-refractivity contribution in [2.45, 2.75) is 38.1 Å². The second kappa shape index (κ2) is 8.56. The predicted octanol–water partition coefficient (Wildman–Crippen LogP) is 3.05. The number of aryl methyl sites for hydroxylation is 1. The monoisotopic (exact) mass is 353 g/mol. The van der Waals surface area contributed by atoms with Gasteiger partial charge in [0.1, 0.15) is 11.6 Å². The smallest absolute Gasteiger partial charge is 0.150 e. The highest BCUT2D eigenvalue weighted by Crippen LogP contribution is 2.26. The molecule has 4 heterocycles. The van der Waals surface area contributed by atoms with E-state index in [9.17, 15) is 0 Å². The Hall–Kier alpha value is -2.05. The number of rotatable bonds is 6. The number of nitrogens with zero attached hydrogens (tertiary/aromatic N) is 4. The van der Waals surface area contributed by atoms with Gasteiger partial charge in [-0.15, -0.1) is 0 Å². The SMILES string of the molecule is c1cnc(Nc2cc(CCC3CCN(C4CCOC4)CC3)ccn2)cn1. The van der Waals surface area contributed by atoms with Gasteiger partial charge in [0.25, 0.3) is 0 Å². The summed E-state index contributed by atoms with van der Waals surface area (Å²) >= 11 is 0. The molecular formula is C20H27N5O. The molecule has 2 aliphatic rings. The van der Waals surface area contributed by atoms with Crippen molar-refractivity contribution in [3.05, 3.63) is 42.5 Å². The maximum Gasteiger partial charge on any atom is 0.150 e. The minimum absolute atomic E-state index is 0.672.